The average molecular weight is 308 g/mol. The molecule has 1 aliphatic heterocycles. The van der Waals surface area contributed by atoms with Crippen LogP contribution in [0.2, 0.25) is 0 Å². The zero-order valence-electron chi connectivity index (χ0n) is 11.3. The van der Waals surface area contributed by atoms with E-state index in [0.717, 1.165) is 19.5 Å². The van der Waals surface area contributed by atoms with Crippen LogP contribution in [0.3, 0.4) is 0 Å². The number of hydrogen-bond acceptors (Lipinski definition) is 2. The molecule has 0 aromatic rings. The maximum Gasteiger partial charge on any atom is 0.409 e. The van der Waals surface area contributed by atoms with Gasteiger partial charge in [0, 0.05) is 13.1 Å². The molecule has 1 saturated heterocycles. The molecule has 17 heavy (non-hydrogen) atoms. The van der Waals surface area contributed by atoms with Crippen molar-refractivity contribution in [3.05, 3.63) is 0 Å². The Bertz CT molecular complexity index is 219. The Morgan fingerprint density at radius 1 is 1.47 bits per heavy atom. The summed E-state index contributed by atoms with van der Waals surface area (Å²) in [6.07, 6.45) is 4.71. The summed E-state index contributed by atoms with van der Waals surface area (Å²) in [6, 6.07) is 0. The van der Waals surface area contributed by atoms with E-state index in [-0.39, 0.29) is 23.1 Å². The van der Waals surface area contributed by atoms with E-state index in [2.05, 4.69) is 20.8 Å². The molecule has 0 spiro atoms. The second-order valence-corrected chi connectivity index (χ2v) is 5.21. The molecule has 0 N–H and O–H groups in total. The number of amides is 1. The predicted molar refractivity (Wildman–Crippen MR) is 75.7 cm³/mol. The van der Waals surface area contributed by atoms with Crippen LogP contribution >= 0.6 is 17.0 Å². The molecule has 0 radical (unpaired) electrons. The molecule has 1 rings (SSSR count). The maximum atomic E-state index is 11.8. The fourth-order valence-corrected chi connectivity index (χ4v) is 2.20. The van der Waals surface area contributed by atoms with E-state index in [4.69, 9.17) is 4.74 Å². The van der Waals surface area contributed by atoms with Crippen LogP contribution in [0, 0.1) is 11.8 Å². The predicted octanol–water partition coefficient (Wildman–Crippen LogP) is 3.87. The van der Waals surface area contributed by atoms with Gasteiger partial charge in [0.1, 0.15) is 0 Å². The second-order valence-electron chi connectivity index (χ2n) is 5.21. The fraction of sp³-hybridized carbons (Fsp3) is 0.923. The number of ether oxygens (including phenoxy) is 1. The maximum absolute atomic E-state index is 11.8. The highest BCUT2D eigenvalue weighted by Gasteiger charge is 2.23. The van der Waals surface area contributed by atoms with Gasteiger partial charge in [-0.05, 0) is 31.1 Å². The van der Waals surface area contributed by atoms with Gasteiger partial charge < -0.3 is 9.64 Å². The van der Waals surface area contributed by atoms with Gasteiger partial charge in [0.05, 0.1) is 6.61 Å². The van der Waals surface area contributed by atoms with Crippen molar-refractivity contribution in [1.82, 2.24) is 4.90 Å². The minimum absolute atomic E-state index is 0. The Balaban J connectivity index is 0.00000256. The summed E-state index contributed by atoms with van der Waals surface area (Å²) in [5.41, 5.74) is 0. The SMILES string of the molecule is Br.CCCC1CCCN(C(=O)OCC(C)C)C1. The van der Waals surface area contributed by atoms with Crippen molar-refractivity contribution in [3.8, 4) is 0 Å². The number of carbonyl (C=O) groups is 1. The normalized spacial score (nSPS) is 20.0. The summed E-state index contributed by atoms with van der Waals surface area (Å²) in [7, 11) is 0. The van der Waals surface area contributed by atoms with Crippen LogP contribution in [0.25, 0.3) is 0 Å². The van der Waals surface area contributed by atoms with Crippen LogP contribution in [-0.4, -0.2) is 30.7 Å². The van der Waals surface area contributed by atoms with Crippen LogP contribution in [0.1, 0.15) is 46.5 Å². The van der Waals surface area contributed by atoms with Gasteiger partial charge in [-0.25, -0.2) is 4.79 Å². The molecule has 0 aliphatic carbocycles. The molecule has 1 fully saturated rings. The van der Waals surface area contributed by atoms with Crippen LogP contribution in [-0.2, 0) is 4.74 Å². The molecule has 0 aromatic carbocycles. The lowest BCUT2D eigenvalue weighted by molar-refractivity contribution is 0.0748. The number of likely N-dealkylation sites (tertiary alicyclic amines) is 1. The summed E-state index contributed by atoms with van der Waals surface area (Å²) < 4.78 is 5.26. The Labute approximate surface area is 116 Å². The first-order chi connectivity index (χ1) is 7.63. The lowest BCUT2D eigenvalue weighted by Crippen LogP contribution is -2.40. The molecule has 0 aromatic heterocycles. The van der Waals surface area contributed by atoms with Gasteiger partial charge in [0.2, 0.25) is 0 Å². The molecule has 4 heteroatoms. The molecule has 0 saturated carbocycles. The molecule has 1 amide bonds. The Hall–Kier alpha value is -0.250. The van der Waals surface area contributed by atoms with E-state index in [1.165, 1.54) is 19.3 Å². The first kappa shape index (κ1) is 16.8. The van der Waals surface area contributed by atoms with E-state index < -0.39 is 0 Å². The van der Waals surface area contributed by atoms with Gasteiger partial charge in [-0.15, -0.1) is 17.0 Å². The molecule has 1 unspecified atom stereocenters. The number of carbonyl (C=O) groups excluding carboxylic acids is 1. The number of nitrogens with zero attached hydrogens (tertiary/aromatic N) is 1. The quantitative estimate of drug-likeness (QED) is 0.789. The van der Waals surface area contributed by atoms with E-state index in [0.29, 0.717) is 18.4 Å². The third kappa shape index (κ3) is 6.29. The second kappa shape index (κ2) is 8.78. The van der Waals surface area contributed by atoms with E-state index >= 15 is 0 Å². The molecular weight excluding hydrogens is 282 g/mol. The topological polar surface area (TPSA) is 29.5 Å². The van der Waals surface area contributed by atoms with Gasteiger partial charge in [-0.3, -0.25) is 0 Å². The highest BCUT2D eigenvalue weighted by atomic mass is 79.9. The Morgan fingerprint density at radius 2 is 2.18 bits per heavy atom. The smallest absolute Gasteiger partial charge is 0.409 e. The van der Waals surface area contributed by atoms with Gasteiger partial charge in [0.25, 0.3) is 0 Å². The number of halogens is 1. The van der Waals surface area contributed by atoms with Crippen molar-refractivity contribution in [2.24, 2.45) is 11.8 Å². The number of hydrogen-bond donors (Lipinski definition) is 0. The highest BCUT2D eigenvalue weighted by molar-refractivity contribution is 8.93. The highest BCUT2D eigenvalue weighted by Crippen LogP contribution is 2.21. The minimum atomic E-state index is -0.116. The van der Waals surface area contributed by atoms with Crippen LogP contribution in [0.4, 0.5) is 4.79 Å². The molecule has 1 heterocycles. The largest absolute Gasteiger partial charge is 0.449 e. The average Bonchev–Trinajstić information content (AvgIpc) is 2.26. The van der Waals surface area contributed by atoms with E-state index in [9.17, 15) is 4.79 Å². The van der Waals surface area contributed by atoms with Crippen LogP contribution in [0.15, 0.2) is 0 Å². The Kier molecular flexibility index (Phi) is 8.66. The molecule has 1 aliphatic rings. The first-order valence-corrected chi connectivity index (χ1v) is 6.55. The summed E-state index contributed by atoms with van der Waals surface area (Å²) in [4.78, 5) is 13.6. The van der Waals surface area contributed by atoms with Gasteiger partial charge in [-0.1, -0.05) is 27.2 Å². The standard InChI is InChI=1S/C13H25NO2.BrH/c1-4-6-12-7-5-8-14(9-12)13(15)16-10-11(2)3;/h11-12H,4-10H2,1-3H3;1H. The Morgan fingerprint density at radius 3 is 2.76 bits per heavy atom. The summed E-state index contributed by atoms with van der Waals surface area (Å²) >= 11 is 0. The molecule has 3 nitrogen and oxygen atoms in total. The molecule has 0 bridgehead atoms. The summed E-state index contributed by atoms with van der Waals surface area (Å²) in [5.74, 6) is 1.10. The van der Waals surface area contributed by atoms with Crippen molar-refractivity contribution < 1.29 is 9.53 Å². The third-order valence-corrected chi connectivity index (χ3v) is 3.01. The third-order valence-electron chi connectivity index (χ3n) is 3.01. The van der Waals surface area contributed by atoms with Crippen molar-refractivity contribution in [2.75, 3.05) is 19.7 Å². The van der Waals surface area contributed by atoms with Crippen molar-refractivity contribution in [3.63, 3.8) is 0 Å². The van der Waals surface area contributed by atoms with E-state index in [1.54, 1.807) is 0 Å². The van der Waals surface area contributed by atoms with Gasteiger partial charge in [-0.2, -0.15) is 0 Å². The monoisotopic (exact) mass is 307 g/mol. The number of rotatable bonds is 4. The van der Waals surface area contributed by atoms with Crippen LogP contribution in [0.5, 0.6) is 0 Å². The van der Waals surface area contributed by atoms with Crippen LogP contribution < -0.4 is 0 Å². The zero-order chi connectivity index (χ0) is 12.0. The summed E-state index contributed by atoms with van der Waals surface area (Å²) in [5, 5.41) is 0. The molecule has 102 valence electrons. The van der Waals surface area contributed by atoms with Crippen molar-refractivity contribution >= 4 is 23.1 Å². The van der Waals surface area contributed by atoms with Gasteiger partial charge >= 0.3 is 6.09 Å². The minimum Gasteiger partial charge on any atom is -0.449 e. The van der Waals surface area contributed by atoms with Gasteiger partial charge in [0.15, 0.2) is 0 Å². The first-order valence-electron chi connectivity index (χ1n) is 6.55. The van der Waals surface area contributed by atoms with Crippen molar-refractivity contribution in [2.45, 2.75) is 46.5 Å². The number of piperidine rings is 1. The summed E-state index contributed by atoms with van der Waals surface area (Å²) in [6.45, 7) is 8.62. The fourth-order valence-electron chi connectivity index (χ4n) is 2.20. The zero-order valence-corrected chi connectivity index (χ0v) is 13.0. The van der Waals surface area contributed by atoms with Crippen molar-refractivity contribution in [1.29, 1.82) is 0 Å². The lowest BCUT2D eigenvalue weighted by atomic mass is 9.94. The lowest BCUT2D eigenvalue weighted by Gasteiger charge is -2.32. The molecule has 1 atom stereocenters. The van der Waals surface area contributed by atoms with E-state index in [1.807, 2.05) is 4.90 Å². The molecular formula is C13H26BrNO2.